The summed E-state index contributed by atoms with van der Waals surface area (Å²) in [6.45, 7) is 2.04. The Labute approximate surface area is 120 Å². The van der Waals surface area contributed by atoms with Crippen LogP contribution in [-0.4, -0.2) is 14.9 Å². The Kier molecular flexibility index (Phi) is 4.06. The fourth-order valence-electron chi connectivity index (χ4n) is 1.70. The number of nitrogens with two attached hydrogens (primary N) is 2. The molecule has 8 heteroatoms. The zero-order chi connectivity index (χ0) is 14.7. The van der Waals surface area contributed by atoms with Crippen LogP contribution in [0.25, 0.3) is 0 Å². The van der Waals surface area contributed by atoms with E-state index in [4.69, 9.17) is 23.7 Å². The number of benzene rings is 1. The molecule has 0 amide bonds. The molecule has 1 aromatic heterocycles. The van der Waals surface area contributed by atoms with Crippen LogP contribution in [0.4, 0.5) is 11.4 Å². The first-order valence-corrected chi connectivity index (χ1v) is 6.26. The van der Waals surface area contributed by atoms with Gasteiger partial charge in [-0.05, 0) is 30.8 Å². The number of nitrogens with zero attached hydrogens (tertiary/aromatic N) is 3. The summed E-state index contributed by atoms with van der Waals surface area (Å²) in [6.07, 6.45) is 0. The largest absolute Gasteiger partial charge is 0.374 e. The van der Waals surface area contributed by atoms with Crippen molar-refractivity contribution >= 4 is 28.7 Å². The number of aromatic nitrogens is 2. The van der Waals surface area contributed by atoms with Crippen molar-refractivity contribution in [3.8, 4) is 0 Å². The first kappa shape index (κ1) is 14.1. The Balaban J connectivity index is 2.42. The molecule has 0 saturated heterocycles. The Hall–Kier alpha value is -2.32. The van der Waals surface area contributed by atoms with Crippen molar-refractivity contribution in [2.75, 3.05) is 0 Å². The number of aryl methyl sites for hydroxylation is 1. The Morgan fingerprint density at radius 3 is 2.70 bits per heavy atom. The zero-order valence-electron chi connectivity index (χ0n) is 10.8. The summed E-state index contributed by atoms with van der Waals surface area (Å²) < 4.78 is 1.05. The van der Waals surface area contributed by atoms with Crippen molar-refractivity contribution in [2.45, 2.75) is 13.5 Å². The third kappa shape index (κ3) is 2.65. The monoisotopic (exact) mass is 290 g/mol. The summed E-state index contributed by atoms with van der Waals surface area (Å²) in [6, 6.07) is 7.32. The smallest absolute Gasteiger partial charge is 0.301 e. The number of azo groups is 1. The number of nitrogens with one attached hydrogen (secondary N) is 1. The van der Waals surface area contributed by atoms with Gasteiger partial charge in [-0.15, -0.1) is 10.2 Å². The third-order valence-corrected chi connectivity index (χ3v) is 2.91. The molecule has 20 heavy (non-hydrogen) atoms. The van der Waals surface area contributed by atoms with Crippen molar-refractivity contribution in [3.05, 3.63) is 45.9 Å². The Morgan fingerprint density at radius 1 is 1.40 bits per heavy atom. The molecule has 0 unspecified atom stereocenters. The molecule has 0 bridgehead atoms. The second-order valence-corrected chi connectivity index (χ2v) is 4.52. The number of H-pyrrole nitrogens is 1. The van der Waals surface area contributed by atoms with E-state index in [1.165, 1.54) is 0 Å². The number of aromatic amines is 1. The normalized spacial score (nSPS) is 11.1. The number of rotatable bonds is 3. The van der Waals surface area contributed by atoms with E-state index in [0.717, 1.165) is 10.2 Å². The summed E-state index contributed by atoms with van der Waals surface area (Å²) in [4.78, 5) is 12.0. The van der Waals surface area contributed by atoms with Gasteiger partial charge in [-0.25, -0.2) is 0 Å². The molecule has 0 aliphatic carbocycles. The quantitative estimate of drug-likeness (QED) is 0.586. The maximum Gasteiger partial charge on any atom is 0.301 e. The summed E-state index contributed by atoms with van der Waals surface area (Å²) in [5.74, 6) is 0. The van der Waals surface area contributed by atoms with E-state index in [1.807, 2.05) is 18.2 Å². The van der Waals surface area contributed by atoms with E-state index >= 15 is 0 Å². The highest BCUT2D eigenvalue weighted by Gasteiger charge is 2.12. The zero-order valence-corrected chi connectivity index (χ0v) is 11.6. The lowest BCUT2D eigenvalue weighted by Gasteiger charge is -1.99. The van der Waals surface area contributed by atoms with Gasteiger partial charge in [-0.1, -0.05) is 18.2 Å². The van der Waals surface area contributed by atoms with Gasteiger partial charge in [0.05, 0.1) is 11.4 Å². The van der Waals surface area contributed by atoms with Gasteiger partial charge in [0, 0.05) is 6.54 Å². The predicted octanol–water partition coefficient (Wildman–Crippen LogP) is 1.45. The van der Waals surface area contributed by atoms with Gasteiger partial charge in [0.2, 0.25) is 0 Å². The Bertz CT molecular complexity index is 730. The van der Waals surface area contributed by atoms with Gasteiger partial charge in [-0.2, -0.15) is 4.68 Å². The van der Waals surface area contributed by atoms with Crippen LogP contribution < -0.4 is 17.0 Å². The minimum absolute atomic E-state index is 0.0677. The molecule has 1 heterocycles. The lowest BCUT2D eigenvalue weighted by Crippen LogP contribution is -2.29. The highest BCUT2D eigenvalue weighted by atomic mass is 32.1. The molecule has 2 aromatic rings. The average molecular weight is 290 g/mol. The van der Waals surface area contributed by atoms with Crippen LogP contribution in [0, 0.1) is 6.92 Å². The van der Waals surface area contributed by atoms with Crippen LogP contribution in [0.3, 0.4) is 0 Å². The molecular weight excluding hydrogens is 276 g/mol. The fraction of sp³-hybridized carbons (Fsp3) is 0.167. The van der Waals surface area contributed by atoms with Gasteiger partial charge < -0.3 is 11.5 Å². The molecule has 0 aliphatic heterocycles. The first-order chi connectivity index (χ1) is 9.54. The predicted molar refractivity (Wildman–Crippen MR) is 80.5 cm³/mol. The van der Waals surface area contributed by atoms with Crippen molar-refractivity contribution < 1.29 is 0 Å². The van der Waals surface area contributed by atoms with E-state index in [1.54, 1.807) is 13.0 Å². The van der Waals surface area contributed by atoms with Crippen molar-refractivity contribution in [1.82, 2.24) is 9.78 Å². The minimum atomic E-state index is -0.427. The van der Waals surface area contributed by atoms with Gasteiger partial charge in [0.15, 0.2) is 10.8 Å². The standard InChI is InChI=1S/C12H14N6OS/c1-7-10(11(19)18(17-7)12(14)20)16-15-9-5-3-2-4-8(9)6-13/h2-5,17H,6,13H2,1H3,(H2,14,20). The molecule has 104 valence electrons. The molecule has 0 saturated carbocycles. The lowest BCUT2D eigenvalue weighted by molar-refractivity contribution is 0.889. The van der Waals surface area contributed by atoms with Crippen LogP contribution in [0.15, 0.2) is 39.3 Å². The van der Waals surface area contributed by atoms with Gasteiger partial charge in [-0.3, -0.25) is 9.89 Å². The van der Waals surface area contributed by atoms with Crippen LogP contribution >= 0.6 is 12.2 Å². The SMILES string of the molecule is Cc1[nH]n(C(N)=S)c(=O)c1N=Nc1ccccc1CN. The van der Waals surface area contributed by atoms with Gasteiger partial charge in [0.25, 0.3) is 0 Å². The second-order valence-electron chi connectivity index (χ2n) is 4.10. The fourth-order valence-corrected chi connectivity index (χ4v) is 1.82. The number of hydrogen-bond acceptors (Lipinski definition) is 5. The topological polar surface area (TPSA) is 115 Å². The molecule has 0 atom stereocenters. The van der Waals surface area contributed by atoms with Crippen LogP contribution in [-0.2, 0) is 6.54 Å². The maximum atomic E-state index is 12.0. The maximum absolute atomic E-state index is 12.0. The minimum Gasteiger partial charge on any atom is -0.374 e. The summed E-state index contributed by atoms with van der Waals surface area (Å²) in [5.41, 5.74) is 12.8. The molecular formula is C12H14N6OS. The number of thiocarbonyl (C=S) groups is 1. The highest BCUT2D eigenvalue weighted by Crippen LogP contribution is 2.21. The van der Waals surface area contributed by atoms with Crippen molar-refractivity contribution in [3.63, 3.8) is 0 Å². The van der Waals surface area contributed by atoms with Gasteiger partial charge >= 0.3 is 5.56 Å². The van der Waals surface area contributed by atoms with E-state index < -0.39 is 5.56 Å². The molecule has 0 aliphatic rings. The van der Waals surface area contributed by atoms with Crippen LogP contribution in [0.2, 0.25) is 0 Å². The highest BCUT2D eigenvalue weighted by molar-refractivity contribution is 7.80. The van der Waals surface area contributed by atoms with Crippen molar-refractivity contribution in [1.29, 1.82) is 0 Å². The van der Waals surface area contributed by atoms with E-state index in [-0.39, 0.29) is 10.8 Å². The third-order valence-electron chi connectivity index (χ3n) is 2.73. The molecule has 2 rings (SSSR count). The molecule has 0 spiro atoms. The lowest BCUT2D eigenvalue weighted by atomic mass is 10.2. The Morgan fingerprint density at radius 2 is 2.10 bits per heavy atom. The van der Waals surface area contributed by atoms with E-state index in [2.05, 4.69) is 15.3 Å². The van der Waals surface area contributed by atoms with Crippen molar-refractivity contribution in [2.24, 2.45) is 21.7 Å². The van der Waals surface area contributed by atoms with E-state index in [9.17, 15) is 4.79 Å². The second kappa shape index (κ2) is 5.76. The summed E-state index contributed by atoms with van der Waals surface area (Å²) in [7, 11) is 0. The molecule has 0 fully saturated rings. The average Bonchev–Trinajstić information content (AvgIpc) is 2.72. The van der Waals surface area contributed by atoms with Gasteiger partial charge in [0.1, 0.15) is 0 Å². The molecule has 1 aromatic carbocycles. The molecule has 7 nitrogen and oxygen atoms in total. The van der Waals surface area contributed by atoms with Crippen LogP contribution in [0.5, 0.6) is 0 Å². The van der Waals surface area contributed by atoms with E-state index in [0.29, 0.717) is 17.9 Å². The molecule has 5 N–H and O–H groups in total. The summed E-state index contributed by atoms with van der Waals surface area (Å²) >= 11 is 4.76. The summed E-state index contributed by atoms with van der Waals surface area (Å²) in [5, 5.41) is 10.7. The number of hydrogen-bond donors (Lipinski definition) is 3. The molecule has 0 radical (unpaired) electrons. The van der Waals surface area contributed by atoms with Crippen LogP contribution in [0.1, 0.15) is 11.3 Å². The first-order valence-electron chi connectivity index (χ1n) is 5.85.